The van der Waals surface area contributed by atoms with Crippen LogP contribution >= 0.6 is 0 Å². The lowest BCUT2D eigenvalue weighted by Crippen LogP contribution is -2.45. The van der Waals surface area contributed by atoms with Gasteiger partial charge in [-0.3, -0.25) is 9.69 Å². The van der Waals surface area contributed by atoms with E-state index in [4.69, 9.17) is 4.52 Å². The van der Waals surface area contributed by atoms with Crippen LogP contribution in [0, 0.1) is 0 Å². The number of halogens is 2. The highest BCUT2D eigenvalue weighted by Crippen LogP contribution is 2.21. The van der Waals surface area contributed by atoms with Gasteiger partial charge in [-0.1, -0.05) is 5.16 Å². The van der Waals surface area contributed by atoms with Crippen LogP contribution in [0.15, 0.2) is 4.52 Å². The molecule has 1 aliphatic rings. The quantitative estimate of drug-likeness (QED) is 0.790. The summed E-state index contributed by atoms with van der Waals surface area (Å²) in [5, 5.41) is 3.79. The van der Waals surface area contributed by atoms with E-state index in [1.807, 2.05) is 14.1 Å². The molecular weight excluding hydrogens is 258 g/mol. The Morgan fingerprint density at radius 3 is 2.89 bits per heavy atom. The number of hydrogen-bond acceptors (Lipinski definition) is 6. The second-order valence-electron chi connectivity index (χ2n) is 4.75. The number of nitrogens with zero attached hydrogens (tertiary/aromatic N) is 4. The minimum Gasteiger partial charge on any atom is -0.339 e. The van der Waals surface area contributed by atoms with Crippen molar-refractivity contribution in [2.24, 2.45) is 0 Å². The maximum atomic E-state index is 12.1. The lowest BCUT2D eigenvalue weighted by molar-refractivity contribution is -0.129. The standard InChI is InChI=1S/C11H16F2N4O2/c1-16-3-4-17(2)7(6-16)11-14-9(19-15-11)5-8(18)10(12)13/h7,10H,3-6H2,1-2H3. The Morgan fingerprint density at radius 2 is 2.21 bits per heavy atom. The van der Waals surface area contributed by atoms with Crippen molar-refractivity contribution in [2.45, 2.75) is 18.9 Å². The molecule has 1 aliphatic heterocycles. The first-order valence-corrected chi connectivity index (χ1v) is 5.99. The van der Waals surface area contributed by atoms with Gasteiger partial charge in [0, 0.05) is 19.6 Å². The third kappa shape index (κ3) is 3.32. The highest BCUT2D eigenvalue weighted by Gasteiger charge is 2.28. The van der Waals surface area contributed by atoms with Crippen molar-refractivity contribution >= 4 is 5.78 Å². The first-order valence-electron chi connectivity index (χ1n) is 5.99. The molecule has 1 fully saturated rings. The summed E-state index contributed by atoms with van der Waals surface area (Å²) < 4.78 is 29.1. The fourth-order valence-corrected chi connectivity index (χ4v) is 1.99. The molecule has 1 aromatic rings. The Bertz CT molecular complexity index is 452. The number of carbonyl (C=O) groups is 1. The SMILES string of the molecule is CN1CCN(C)C(c2noc(CC(=O)C(F)F)n2)C1. The van der Waals surface area contributed by atoms with Crippen molar-refractivity contribution in [2.75, 3.05) is 33.7 Å². The van der Waals surface area contributed by atoms with Crippen molar-refractivity contribution < 1.29 is 18.1 Å². The number of carbonyl (C=O) groups excluding carboxylic acids is 1. The molecule has 0 saturated carbocycles. The number of Topliss-reactive ketones (excluding diaryl/α,β-unsaturated/α-hetero) is 1. The van der Waals surface area contributed by atoms with Gasteiger partial charge in [0.05, 0.1) is 12.5 Å². The second kappa shape index (κ2) is 5.70. The molecule has 19 heavy (non-hydrogen) atoms. The van der Waals surface area contributed by atoms with Crippen molar-refractivity contribution in [1.29, 1.82) is 0 Å². The molecule has 0 aliphatic carbocycles. The summed E-state index contributed by atoms with van der Waals surface area (Å²) in [7, 11) is 3.93. The van der Waals surface area contributed by atoms with Gasteiger partial charge in [-0.2, -0.15) is 4.98 Å². The Labute approximate surface area is 109 Å². The number of alkyl halides is 2. The van der Waals surface area contributed by atoms with E-state index in [0.717, 1.165) is 19.6 Å². The number of hydrogen-bond donors (Lipinski definition) is 0. The largest absolute Gasteiger partial charge is 0.339 e. The van der Waals surface area contributed by atoms with E-state index >= 15 is 0 Å². The maximum absolute atomic E-state index is 12.1. The van der Waals surface area contributed by atoms with Crippen LogP contribution in [0.5, 0.6) is 0 Å². The minimum absolute atomic E-state index is 0.0436. The first-order chi connectivity index (χ1) is 8.97. The predicted molar refractivity (Wildman–Crippen MR) is 61.9 cm³/mol. The van der Waals surface area contributed by atoms with Gasteiger partial charge < -0.3 is 9.42 Å². The molecule has 6 nitrogen and oxygen atoms in total. The van der Waals surface area contributed by atoms with Crippen LogP contribution in [0.25, 0.3) is 0 Å². The van der Waals surface area contributed by atoms with Crippen LogP contribution < -0.4 is 0 Å². The molecule has 0 spiro atoms. The van der Waals surface area contributed by atoms with E-state index in [2.05, 4.69) is 19.9 Å². The lowest BCUT2D eigenvalue weighted by atomic mass is 10.2. The molecular formula is C11H16F2N4O2. The Balaban J connectivity index is 2.05. The third-order valence-electron chi connectivity index (χ3n) is 3.20. The average molecular weight is 274 g/mol. The molecule has 0 aromatic carbocycles. The zero-order valence-corrected chi connectivity index (χ0v) is 10.8. The highest BCUT2D eigenvalue weighted by atomic mass is 19.3. The fraction of sp³-hybridized carbons (Fsp3) is 0.727. The van der Waals surface area contributed by atoms with E-state index in [1.54, 1.807) is 0 Å². The lowest BCUT2D eigenvalue weighted by Gasteiger charge is -2.35. The molecule has 0 N–H and O–H groups in total. The van der Waals surface area contributed by atoms with Gasteiger partial charge in [-0.05, 0) is 14.1 Å². The summed E-state index contributed by atoms with van der Waals surface area (Å²) >= 11 is 0. The molecule has 1 saturated heterocycles. The highest BCUT2D eigenvalue weighted by molar-refractivity contribution is 5.82. The van der Waals surface area contributed by atoms with E-state index in [0.29, 0.717) is 5.82 Å². The van der Waals surface area contributed by atoms with Crippen molar-refractivity contribution in [3.8, 4) is 0 Å². The van der Waals surface area contributed by atoms with Crippen LogP contribution in [0.4, 0.5) is 8.78 Å². The van der Waals surface area contributed by atoms with E-state index in [9.17, 15) is 13.6 Å². The molecule has 0 amide bonds. The third-order valence-corrected chi connectivity index (χ3v) is 3.20. The van der Waals surface area contributed by atoms with Gasteiger partial charge in [0.15, 0.2) is 5.82 Å². The zero-order chi connectivity index (χ0) is 14.0. The van der Waals surface area contributed by atoms with Crippen LogP contribution in [0.2, 0.25) is 0 Å². The summed E-state index contributed by atoms with van der Waals surface area (Å²) in [6, 6.07) is -0.0436. The summed E-state index contributed by atoms with van der Waals surface area (Å²) in [6.07, 6.45) is -3.52. The zero-order valence-electron chi connectivity index (χ0n) is 10.8. The number of aromatic nitrogens is 2. The molecule has 1 unspecified atom stereocenters. The summed E-state index contributed by atoms with van der Waals surface area (Å²) in [5.74, 6) is -0.822. The van der Waals surface area contributed by atoms with Crippen LogP contribution in [0.1, 0.15) is 17.8 Å². The molecule has 0 bridgehead atoms. The molecule has 2 rings (SSSR count). The van der Waals surface area contributed by atoms with Gasteiger partial charge in [0.2, 0.25) is 11.7 Å². The fourth-order valence-electron chi connectivity index (χ4n) is 1.99. The maximum Gasteiger partial charge on any atom is 0.296 e. The normalized spacial score (nSPS) is 22.1. The molecule has 0 radical (unpaired) electrons. The molecule has 1 aromatic heterocycles. The number of piperazine rings is 1. The molecule has 2 heterocycles. The first kappa shape index (κ1) is 14.0. The van der Waals surface area contributed by atoms with E-state index in [-0.39, 0.29) is 11.9 Å². The molecule has 106 valence electrons. The Kier molecular flexibility index (Phi) is 4.20. The Hall–Kier alpha value is -1.41. The summed E-state index contributed by atoms with van der Waals surface area (Å²) in [6.45, 7) is 2.54. The van der Waals surface area contributed by atoms with Gasteiger partial charge in [-0.15, -0.1) is 0 Å². The van der Waals surface area contributed by atoms with Crippen LogP contribution in [-0.4, -0.2) is 65.9 Å². The molecule has 8 heteroatoms. The van der Waals surface area contributed by atoms with Crippen molar-refractivity contribution in [3.63, 3.8) is 0 Å². The monoisotopic (exact) mass is 274 g/mol. The minimum atomic E-state index is -3.00. The number of likely N-dealkylation sites (N-methyl/N-ethyl adjacent to an activating group) is 2. The van der Waals surface area contributed by atoms with E-state index in [1.165, 1.54) is 0 Å². The smallest absolute Gasteiger partial charge is 0.296 e. The second-order valence-corrected chi connectivity index (χ2v) is 4.75. The number of rotatable bonds is 4. The van der Waals surface area contributed by atoms with Crippen molar-refractivity contribution in [3.05, 3.63) is 11.7 Å². The number of ketones is 1. The van der Waals surface area contributed by atoms with Gasteiger partial charge in [-0.25, -0.2) is 8.78 Å². The van der Waals surface area contributed by atoms with Gasteiger partial charge >= 0.3 is 0 Å². The summed E-state index contributed by atoms with van der Waals surface area (Å²) in [4.78, 5) is 19.2. The van der Waals surface area contributed by atoms with Crippen LogP contribution in [0.3, 0.4) is 0 Å². The summed E-state index contributed by atoms with van der Waals surface area (Å²) in [5.41, 5.74) is 0. The predicted octanol–water partition coefficient (Wildman–Crippen LogP) is 0.365. The average Bonchev–Trinajstić information content (AvgIpc) is 2.80. The van der Waals surface area contributed by atoms with Crippen LogP contribution in [-0.2, 0) is 11.2 Å². The topological polar surface area (TPSA) is 62.5 Å². The van der Waals surface area contributed by atoms with Gasteiger partial charge in [0.1, 0.15) is 0 Å². The van der Waals surface area contributed by atoms with E-state index < -0.39 is 18.6 Å². The van der Waals surface area contributed by atoms with Gasteiger partial charge in [0.25, 0.3) is 6.43 Å². The Morgan fingerprint density at radius 1 is 1.47 bits per heavy atom. The van der Waals surface area contributed by atoms with Crippen molar-refractivity contribution in [1.82, 2.24) is 19.9 Å². The molecule has 1 atom stereocenters.